The maximum atomic E-state index is 13.7. The van der Waals surface area contributed by atoms with E-state index in [4.69, 9.17) is 4.74 Å². The van der Waals surface area contributed by atoms with Gasteiger partial charge in [-0.2, -0.15) is 13.2 Å². The summed E-state index contributed by atoms with van der Waals surface area (Å²) in [4.78, 5) is 49.4. The van der Waals surface area contributed by atoms with Crippen molar-refractivity contribution < 1.29 is 32.3 Å². The smallest absolute Gasteiger partial charge is 0.416 e. The van der Waals surface area contributed by atoms with Gasteiger partial charge < -0.3 is 10.1 Å². The van der Waals surface area contributed by atoms with Crippen molar-refractivity contribution >= 4 is 40.9 Å². The summed E-state index contributed by atoms with van der Waals surface area (Å²) >= 11 is 0.800. The van der Waals surface area contributed by atoms with E-state index in [0.29, 0.717) is 17.8 Å². The molecular formula is C27H23F3N4O4S. The lowest BCUT2D eigenvalue weighted by atomic mass is 10.1. The Kier molecular flexibility index (Phi) is 8.05. The molecule has 1 aliphatic rings. The third-order valence-electron chi connectivity index (χ3n) is 5.46. The maximum Gasteiger partial charge on any atom is 0.416 e. The molecule has 0 aliphatic carbocycles. The molecule has 2 aromatic carbocycles. The number of aromatic nitrogens is 2. The fourth-order valence-corrected chi connectivity index (χ4v) is 4.78. The molecular weight excluding hydrogens is 533 g/mol. The number of thioether (sulfide) groups is 1. The van der Waals surface area contributed by atoms with Gasteiger partial charge >= 0.3 is 12.1 Å². The number of aryl methyl sites for hydroxylation is 2. The molecule has 12 heteroatoms. The maximum absolute atomic E-state index is 13.7. The highest BCUT2D eigenvalue weighted by Crippen LogP contribution is 2.39. The number of halogens is 3. The summed E-state index contributed by atoms with van der Waals surface area (Å²) in [5.41, 5.74) is -0.0561. The van der Waals surface area contributed by atoms with Gasteiger partial charge in [-0.25, -0.2) is 19.7 Å². The van der Waals surface area contributed by atoms with Crippen LogP contribution in [0.5, 0.6) is 0 Å². The number of carbonyl (C=O) groups is 3. The SMILES string of the molecule is CCCOC(=O)c1ccccc1N1C(=O)C(Nc2cccc(C(F)(F)F)c2)=C(Sc2nc(C)cc(C)n2)C1=O. The largest absolute Gasteiger partial charge is 0.462 e. The van der Waals surface area contributed by atoms with Crippen molar-refractivity contribution in [3.8, 4) is 0 Å². The zero-order valence-electron chi connectivity index (χ0n) is 21.1. The van der Waals surface area contributed by atoms with E-state index in [-0.39, 0.29) is 39.3 Å². The molecule has 0 spiro atoms. The van der Waals surface area contributed by atoms with Gasteiger partial charge in [-0.1, -0.05) is 25.1 Å². The van der Waals surface area contributed by atoms with E-state index < -0.39 is 29.5 Å². The van der Waals surface area contributed by atoms with Gasteiger partial charge in [0.2, 0.25) is 0 Å². The van der Waals surface area contributed by atoms with Gasteiger partial charge in [-0.3, -0.25) is 9.59 Å². The summed E-state index contributed by atoms with van der Waals surface area (Å²) in [6.07, 6.45) is -4.05. The van der Waals surface area contributed by atoms with E-state index in [2.05, 4.69) is 15.3 Å². The van der Waals surface area contributed by atoms with Crippen molar-refractivity contribution in [2.75, 3.05) is 16.8 Å². The number of nitrogens with zero attached hydrogens (tertiary/aromatic N) is 3. The van der Waals surface area contributed by atoms with Crippen LogP contribution in [0, 0.1) is 13.8 Å². The molecule has 0 fully saturated rings. The minimum atomic E-state index is -4.62. The molecule has 0 unspecified atom stereocenters. The Labute approximate surface area is 226 Å². The Bertz CT molecular complexity index is 1470. The van der Waals surface area contributed by atoms with E-state index in [9.17, 15) is 27.6 Å². The normalized spacial score (nSPS) is 13.7. The monoisotopic (exact) mass is 556 g/mol. The zero-order valence-corrected chi connectivity index (χ0v) is 21.9. The summed E-state index contributed by atoms with van der Waals surface area (Å²) in [6.45, 7) is 5.43. The van der Waals surface area contributed by atoms with Gasteiger partial charge in [0, 0.05) is 17.1 Å². The molecule has 0 bridgehead atoms. The number of amides is 2. The molecule has 8 nitrogen and oxygen atoms in total. The average Bonchev–Trinajstić information content (AvgIpc) is 3.10. The van der Waals surface area contributed by atoms with Crippen LogP contribution >= 0.6 is 11.8 Å². The molecule has 0 saturated heterocycles. The lowest BCUT2D eigenvalue weighted by molar-refractivity contribution is -0.137. The number of rotatable bonds is 8. The lowest BCUT2D eigenvalue weighted by Gasteiger charge is -2.18. The second-order valence-corrected chi connectivity index (χ2v) is 9.52. The van der Waals surface area contributed by atoms with Gasteiger partial charge in [0.15, 0.2) is 5.16 Å². The molecule has 39 heavy (non-hydrogen) atoms. The molecule has 2 heterocycles. The van der Waals surface area contributed by atoms with Crippen LogP contribution in [0.15, 0.2) is 70.4 Å². The van der Waals surface area contributed by atoms with Crippen molar-refractivity contribution in [2.24, 2.45) is 0 Å². The standard InChI is InChI=1S/C27H23F3N4O4S/c1-4-12-38-25(37)19-10-5-6-11-20(19)34-23(35)21(33-18-9-7-8-17(14-18)27(28,29)30)22(24(34)36)39-26-31-15(2)13-16(3)32-26/h5-11,13-14,33H,4,12H2,1-3H3. The number of nitrogens with one attached hydrogen (secondary N) is 1. The predicted octanol–water partition coefficient (Wildman–Crippen LogP) is 5.67. The average molecular weight is 557 g/mol. The second-order valence-electron chi connectivity index (χ2n) is 8.54. The molecule has 0 saturated carbocycles. The molecule has 4 rings (SSSR count). The van der Waals surface area contributed by atoms with Gasteiger partial charge in [0.1, 0.15) is 10.6 Å². The minimum Gasteiger partial charge on any atom is -0.462 e. The number of benzene rings is 2. The van der Waals surface area contributed by atoms with Crippen LogP contribution in [-0.4, -0.2) is 34.4 Å². The van der Waals surface area contributed by atoms with Crippen LogP contribution in [0.3, 0.4) is 0 Å². The third kappa shape index (κ3) is 6.11. The molecule has 0 atom stereocenters. The topological polar surface area (TPSA) is 101 Å². The fourth-order valence-electron chi connectivity index (χ4n) is 3.80. The van der Waals surface area contributed by atoms with Crippen molar-refractivity contribution in [1.82, 2.24) is 9.97 Å². The molecule has 202 valence electrons. The number of hydrogen-bond acceptors (Lipinski definition) is 8. The minimum absolute atomic E-state index is 0.0139. The first kappa shape index (κ1) is 27.8. The van der Waals surface area contributed by atoms with Crippen LogP contribution in [0.2, 0.25) is 0 Å². The lowest BCUT2D eigenvalue weighted by Crippen LogP contribution is -2.33. The van der Waals surface area contributed by atoms with Crippen LogP contribution in [0.1, 0.15) is 40.7 Å². The number of esters is 1. The van der Waals surface area contributed by atoms with Gasteiger partial charge in [0.05, 0.1) is 23.4 Å². The van der Waals surface area contributed by atoms with E-state index in [0.717, 1.165) is 28.8 Å². The number of anilines is 2. The summed E-state index contributed by atoms with van der Waals surface area (Å²) < 4.78 is 45.2. The quantitative estimate of drug-likeness (QED) is 0.215. The number of imide groups is 1. The van der Waals surface area contributed by atoms with E-state index >= 15 is 0 Å². The first-order chi connectivity index (χ1) is 18.5. The number of para-hydroxylation sites is 1. The predicted molar refractivity (Wildman–Crippen MR) is 139 cm³/mol. The Morgan fingerprint density at radius 2 is 1.69 bits per heavy atom. The Balaban J connectivity index is 1.79. The van der Waals surface area contributed by atoms with Crippen molar-refractivity contribution in [3.63, 3.8) is 0 Å². The second kappa shape index (κ2) is 11.3. The molecule has 1 aromatic heterocycles. The van der Waals surface area contributed by atoms with Crippen LogP contribution in [-0.2, 0) is 20.5 Å². The highest BCUT2D eigenvalue weighted by Gasteiger charge is 2.42. The molecule has 1 N–H and O–H groups in total. The number of hydrogen-bond donors (Lipinski definition) is 1. The van der Waals surface area contributed by atoms with Gasteiger partial charge in [-0.15, -0.1) is 0 Å². The molecule has 2 amide bonds. The summed E-state index contributed by atoms with van der Waals surface area (Å²) in [6, 6.07) is 11.9. The highest BCUT2D eigenvalue weighted by molar-refractivity contribution is 8.04. The van der Waals surface area contributed by atoms with Gasteiger partial charge in [0.25, 0.3) is 11.8 Å². The van der Waals surface area contributed by atoms with Crippen LogP contribution in [0.4, 0.5) is 24.5 Å². The van der Waals surface area contributed by atoms with Crippen LogP contribution < -0.4 is 10.2 Å². The van der Waals surface area contributed by atoms with E-state index in [1.165, 1.54) is 24.3 Å². The summed E-state index contributed by atoms with van der Waals surface area (Å²) in [5, 5.41) is 2.86. The third-order valence-corrected chi connectivity index (χ3v) is 6.41. The van der Waals surface area contributed by atoms with Crippen molar-refractivity contribution in [2.45, 2.75) is 38.5 Å². The fraction of sp³-hybridized carbons (Fsp3) is 0.222. The molecule has 3 aromatic rings. The summed E-state index contributed by atoms with van der Waals surface area (Å²) in [5.74, 6) is -2.38. The number of alkyl halides is 3. The van der Waals surface area contributed by atoms with Crippen LogP contribution in [0.25, 0.3) is 0 Å². The Morgan fingerprint density at radius 1 is 1.00 bits per heavy atom. The zero-order chi connectivity index (χ0) is 28.3. The highest BCUT2D eigenvalue weighted by atomic mass is 32.2. The van der Waals surface area contributed by atoms with Gasteiger partial charge in [-0.05, 0) is 68.4 Å². The van der Waals surface area contributed by atoms with E-state index in [1.54, 1.807) is 32.0 Å². The first-order valence-electron chi connectivity index (χ1n) is 11.8. The summed E-state index contributed by atoms with van der Waals surface area (Å²) in [7, 11) is 0. The van der Waals surface area contributed by atoms with Crippen molar-refractivity contribution in [1.29, 1.82) is 0 Å². The molecule has 0 radical (unpaired) electrons. The number of ether oxygens (including phenoxy) is 1. The Hall–Kier alpha value is -4.19. The Morgan fingerprint density at radius 3 is 2.36 bits per heavy atom. The first-order valence-corrected chi connectivity index (χ1v) is 12.6. The van der Waals surface area contributed by atoms with Crippen molar-refractivity contribution in [3.05, 3.63) is 87.7 Å². The molecule has 1 aliphatic heterocycles. The number of carbonyl (C=O) groups excluding carboxylic acids is 3. The van der Waals surface area contributed by atoms with E-state index in [1.807, 2.05) is 6.92 Å².